The summed E-state index contributed by atoms with van der Waals surface area (Å²) in [7, 11) is -2.22. The van der Waals surface area contributed by atoms with Gasteiger partial charge < -0.3 is 15.2 Å². The first-order valence-electron chi connectivity index (χ1n) is 3.06. The summed E-state index contributed by atoms with van der Waals surface area (Å²) in [6.07, 6.45) is 0. The first-order valence-corrected chi connectivity index (χ1v) is 3.06. The summed E-state index contributed by atoms with van der Waals surface area (Å²) in [5, 5.41) is 25.6. The predicted octanol–water partition coefficient (Wildman–Crippen LogP) is -0.650. The minimum Gasteiger partial charge on any atom is -0.508 e. The number of benzene rings is 1. The zero-order chi connectivity index (χ0) is 9.30. The van der Waals surface area contributed by atoms with Crippen LogP contribution in [0.1, 0.15) is 0 Å². The molecular weight excluding hydrogens is 169 g/mol. The Morgan fingerprint density at radius 3 is 1.83 bits per heavy atom. The fourth-order valence-corrected chi connectivity index (χ4v) is 0.818. The SMILES string of the molecule is OB(O)c1c(F)cc(O)cc1F. The molecule has 0 aliphatic rings. The van der Waals surface area contributed by atoms with Gasteiger partial charge in [0.15, 0.2) is 0 Å². The van der Waals surface area contributed by atoms with Crippen molar-refractivity contribution >= 4 is 12.6 Å². The van der Waals surface area contributed by atoms with Crippen LogP contribution in [0.15, 0.2) is 12.1 Å². The van der Waals surface area contributed by atoms with Crippen LogP contribution in [0, 0.1) is 11.6 Å². The lowest BCUT2D eigenvalue weighted by atomic mass is 9.79. The molecule has 0 saturated heterocycles. The molecule has 0 heterocycles. The van der Waals surface area contributed by atoms with E-state index in [4.69, 9.17) is 15.2 Å². The molecule has 12 heavy (non-hydrogen) atoms. The van der Waals surface area contributed by atoms with Crippen molar-refractivity contribution in [2.75, 3.05) is 0 Å². The molecule has 0 spiro atoms. The van der Waals surface area contributed by atoms with Gasteiger partial charge in [0.05, 0.1) is 5.46 Å². The molecule has 0 aliphatic heterocycles. The first-order chi connectivity index (χ1) is 5.52. The lowest BCUT2D eigenvalue weighted by Crippen LogP contribution is -2.35. The summed E-state index contributed by atoms with van der Waals surface area (Å²) in [4.78, 5) is 0. The van der Waals surface area contributed by atoms with Gasteiger partial charge in [-0.05, 0) is 0 Å². The Labute approximate surface area is 67.0 Å². The molecule has 0 fully saturated rings. The van der Waals surface area contributed by atoms with Crippen LogP contribution in [0.5, 0.6) is 5.75 Å². The molecule has 64 valence electrons. The summed E-state index contributed by atoms with van der Waals surface area (Å²) in [5.41, 5.74) is -0.868. The molecule has 0 aromatic heterocycles. The fourth-order valence-electron chi connectivity index (χ4n) is 0.818. The zero-order valence-corrected chi connectivity index (χ0v) is 5.83. The van der Waals surface area contributed by atoms with Crippen LogP contribution >= 0.6 is 0 Å². The van der Waals surface area contributed by atoms with Crippen LogP contribution < -0.4 is 5.46 Å². The van der Waals surface area contributed by atoms with Crippen LogP contribution in [0.2, 0.25) is 0 Å². The normalized spacial score (nSPS) is 10.0. The summed E-state index contributed by atoms with van der Waals surface area (Å²) < 4.78 is 25.3. The van der Waals surface area contributed by atoms with Crippen molar-refractivity contribution in [1.29, 1.82) is 0 Å². The van der Waals surface area contributed by atoms with Crippen molar-refractivity contribution in [3.05, 3.63) is 23.8 Å². The smallest absolute Gasteiger partial charge is 0.494 e. The maximum absolute atomic E-state index is 12.6. The van der Waals surface area contributed by atoms with Gasteiger partial charge in [0.2, 0.25) is 0 Å². The molecule has 0 atom stereocenters. The lowest BCUT2D eigenvalue weighted by molar-refractivity contribution is 0.417. The van der Waals surface area contributed by atoms with E-state index >= 15 is 0 Å². The molecule has 0 bridgehead atoms. The molecule has 0 amide bonds. The maximum Gasteiger partial charge on any atom is 0.494 e. The van der Waals surface area contributed by atoms with Crippen molar-refractivity contribution in [3.8, 4) is 5.75 Å². The molecule has 1 aromatic carbocycles. The first kappa shape index (κ1) is 8.96. The van der Waals surface area contributed by atoms with Gasteiger partial charge in [0.25, 0.3) is 0 Å². The predicted molar refractivity (Wildman–Crippen MR) is 37.8 cm³/mol. The molecule has 0 aliphatic carbocycles. The van der Waals surface area contributed by atoms with E-state index in [1.807, 2.05) is 0 Å². The number of phenols is 1. The monoisotopic (exact) mass is 174 g/mol. The fraction of sp³-hybridized carbons (Fsp3) is 0. The summed E-state index contributed by atoms with van der Waals surface area (Å²) in [5.74, 6) is -2.99. The van der Waals surface area contributed by atoms with E-state index in [1.165, 1.54) is 0 Å². The summed E-state index contributed by atoms with van der Waals surface area (Å²) >= 11 is 0. The van der Waals surface area contributed by atoms with Gasteiger partial charge >= 0.3 is 7.12 Å². The van der Waals surface area contributed by atoms with Gasteiger partial charge in [-0.1, -0.05) is 0 Å². The highest BCUT2D eigenvalue weighted by Crippen LogP contribution is 2.11. The number of hydrogen-bond acceptors (Lipinski definition) is 3. The zero-order valence-electron chi connectivity index (χ0n) is 5.83. The van der Waals surface area contributed by atoms with Crippen molar-refractivity contribution in [2.45, 2.75) is 0 Å². The second-order valence-corrected chi connectivity index (χ2v) is 2.20. The van der Waals surface area contributed by atoms with E-state index in [2.05, 4.69) is 0 Å². The third-order valence-electron chi connectivity index (χ3n) is 1.32. The maximum atomic E-state index is 12.6. The molecule has 6 heteroatoms. The molecule has 0 radical (unpaired) electrons. The Bertz CT molecular complexity index is 280. The average Bonchev–Trinajstić information content (AvgIpc) is 1.82. The Morgan fingerprint density at radius 2 is 1.50 bits per heavy atom. The Morgan fingerprint density at radius 1 is 1.08 bits per heavy atom. The highest BCUT2D eigenvalue weighted by atomic mass is 19.1. The number of hydrogen-bond donors (Lipinski definition) is 3. The largest absolute Gasteiger partial charge is 0.508 e. The highest BCUT2D eigenvalue weighted by molar-refractivity contribution is 6.58. The number of aromatic hydroxyl groups is 1. The average molecular weight is 174 g/mol. The van der Waals surface area contributed by atoms with Crippen LogP contribution in [0.3, 0.4) is 0 Å². The quantitative estimate of drug-likeness (QED) is 0.495. The van der Waals surface area contributed by atoms with E-state index in [-0.39, 0.29) is 0 Å². The molecule has 3 nitrogen and oxygen atoms in total. The van der Waals surface area contributed by atoms with Crippen LogP contribution in [0.25, 0.3) is 0 Å². The third kappa shape index (κ3) is 1.54. The van der Waals surface area contributed by atoms with Crippen molar-refractivity contribution in [2.24, 2.45) is 0 Å². The van der Waals surface area contributed by atoms with Gasteiger partial charge in [-0.15, -0.1) is 0 Å². The number of rotatable bonds is 1. The Hall–Kier alpha value is -1.14. The van der Waals surface area contributed by atoms with Gasteiger partial charge in [0.1, 0.15) is 17.4 Å². The number of halogens is 2. The molecule has 1 rings (SSSR count). The van der Waals surface area contributed by atoms with Crippen LogP contribution in [-0.4, -0.2) is 22.3 Å². The topological polar surface area (TPSA) is 60.7 Å². The second-order valence-electron chi connectivity index (χ2n) is 2.20. The van der Waals surface area contributed by atoms with Gasteiger partial charge in [-0.2, -0.15) is 0 Å². The molecule has 3 N–H and O–H groups in total. The van der Waals surface area contributed by atoms with Gasteiger partial charge in [-0.25, -0.2) is 8.78 Å². The Kier molecular flexibility index (Phi) is 2.30. The van der Waals surface area contributed by atoms with E-state index < -0.39 is 30.0 Å². The molecular formula is C6H5BF2O3. The Balaban J connectivity index is 3.28. The van der Waals surface area contributed by atoms with E-state index in [0.717, 1.165) is 0 Å². The summed E-state index contributed by atoms with van der Waals surface area (Å²) in [6, 6.07) is 1.19. The molecule has 0 saturated carbocycles. The van der Waals surface area contributed by atoms with Crippen molar-refractivity contribution in [3.63, 3.8) is 0 Å². The minimum atomic E-state index is -2.22. The van der Waals surface area contributed by atoms with E-state index in [9.17, 15) is 8.78 Å². The number of phenolic OH excluding ortho intramolecular Hbond substituents is 1. The third-order valence-corrected chi connectivity index (χ3v) is 1.32. The lowest BCUT2D eigenvalue weighted by Gasteiger charge is -2.03. The van der Waals surface area contributed by atoms with Crippen LogP contribution in [-0.2, 0) is 0 Å². The van der Waals surface area contributed by atoms with Gasteiger partial charge in [0, 0.05) is 12.1 Å². The summed E-state index contributed by atoms with van der Waals surface area (Å²) in [6.45, 7) is 0. The molecule has 1 aromatic rings. The van der Waals surface area contributed by atoms with E-state index in [0.29, 0.717) is 12.1 Å². The van der Waals surface area contributed by atoms with Crippen molar-refractivity contribution < 1.29 is 23.9 Å². The second kappa shape index (κ2) is 3.08. The highest BCUT2D eigenvalue weighted by Gasteiger charge is 2.22. The minimum absolute atomic E-state index is 0.595. The van der Waals surface area contributed by atoms with Crippen LogP contribution in [0.4, 0.5) is 8.78 Å². The standard InChI is InChI=1S/C6H5BF2O3/c8-4-1-3(10)2-5(9)6(4)7(11)12/h1-2,10-12H. The van der Waals surface area contributed by atoms with Gasteiger partial charge in [-0.3, -0.25) is 0 Å². The van der Waals surface area contributed by atoms with Crippen molar-refractivity contribution in [1.82, 2.24) is 0 Å². The molecule has 0 unspecified atom stereocenters. The van der Waals surface area contributed by atoms with E-state index in [1.54, 1.807) is 0 Å².